The van der Waals surface area contributed by atoms with Crippen LogP contribution in [0.25, 0.3) is 0 Å². The normalized spacial score (nSPS) is 22.9. The number of likely N-dealkylation sites (N-methyl/N-ethyl adjacent to an activating group) is 1. The molecule has 0 bridgehead atoms. The zero-order chi connectivity index (χ0) is 13.8. The zero-order valence-corrected chi connectivity index (χ0v) is 12.5. The molecule has 2 atom stereocenters. The van der Waals surface area contributed by atoms with Crippen molar-refractivity contribution in [2.75, 3.05) is 13.6 Å². The Morgan fingerprint density at radius 3 is 2.84 bits per heavy atom. The first-order valence-electron chi connectivity index (χ1n) is 7.37. The van der Waals surface area contributed by atoms with Gasteiger partial charge in [-0.15, -0.1) is 0 Å². The minimum atomic E-state index is 0.330. The van der Waals surface area contributed by atoms with Gasteiger partial charge in [-0.2, -0.15) is 4.98 Å². The number of likely N-dealkylation sites (tertiary alicyclic amines) is 1. The van der Waals surface area contributed by atoms with Gasteiger partial charge in [-0.05, 0) is 47.2 Å². The molecule has 0 aliphatic carbocycles. The predicted octanol–water partition coefficient (Wildman–Crippen LogP) is 2.16. The minimum Gasteiger partial charge on any atom is -0.339 e. The molecule has 5 nitrogen and oxygen atoms in total. The van der Waals surface area contributed by atoms with Crippen molar-refractivity contribution >= 4 is 0 Å². The summed E-state index contributed by atoms with van der Waals surface area (Å²) in [5.74, 6) is 1.61. The third-order valence-corrected chi connectivity index (χ3v) is 3.96. The van der Waals surface area contributed by atoms with Gasteiger partial charge in [0.05, 0.1) is 6.04 Å². The molecule has 1 N–H and O–H groups in total. The molecule has 5 heteroatoms. The highest BCUT2D eigenvalue weighted by Crippen LogP contribution is 2.30. The van der Waals surface area contributed by atoms with Crippen molar-refractivity contribution in [3.05, 3.63) is 11.7 Å². The van der Waals surface area contributed by atoms with E-state index >= 15 is 0 Å². The van der Waals surface area contributed by atoms with Crippen LogP contribution in [0.2, 0.25) is 0 Å². The van der Waals surface area contributed by atoms with E-state index in [4.69, 9.17) is 4.52 Å². The van der Waals surface area contributed by atoms with Crippen LogP contribution < -0.4 is 5.32 Å². The lowest BCUT2D eigenvalue weighted by Crippen LogP contribution is -2.39. The Morgan fingerprint density at radius 2 is 2.16 bits per heavy atom. The maximum Gasteiger partial charge on any atom is 0.228 e. The van der Waals surface area contributed by atoms with Gasteiger partial charge in [0.2, 0.25) is 5.89 Å². The Balaban J connectivity index is 2.07. The van der Waals surface area contributed by atoms with E-state index in [1.165, 1.54) is 12.8 Å². The molecular weight excluding hydrogens is 240 g/mol. The Labute approximate surface area is 115 Å². The minimum absolute atomic E-state index is 0.330. The van der Waals surface area contributed by atoms with Crippen molar-refractivity contribution in [1.82, 2.24) is 20.4 Å². The van der Waals surface area contributed by atoms with Gasteiger partial charge in [-0.1, -0.05) is 11.6 Å². The van der Waals surface area contributed by atoms with Gasteiger partial charge < -0.3 is 9.84 Å². The highest BCUT2D eigenvalue weighted by Gasteiger charge is 2.29. The van der Waals surface area contributed by atoms with Crippen LogP contribution in [0.3, 0.4) is 0 Å². The molecule has 1 aromatic rings. The summed E-state index contributed by atoms with van der Waals surface area (Å²) >= 11 is 0. The molecule has 0 saturated carbocycles. The standard InChI is InChI=1S/C14H26N4O/c1-10(2)18-8-6-5-7-12(18)14-16-13(19-17-14)9-11(3)15-4/h10-12,15H,5-9H2,1-4H3. The first-order chi connectivity index (χ1) is 9.11. The van der Waals surface area contributed by atoms with E-state index in [1.807, 2.05) is 7.05 Å². The topological polar surface area (TPSA) is 54.2 Å². The summed E-state index contributed by atoms with van der Waals surface area (Å²) in [6.07, 6.45) is 4.46. The van der Waals surface area contributed by atoms with Crippen LogP contribution in [-0.4, -0.2) is 40.7 Å². The number of hydrogen-bond acceptors (Lipinski definition) is 5. The molecule has 1 aliphatic rings. The zero-order valence-electron chi connectivity index (χ0n) is 12.5. The monoisotopic (exact) mass is 266 g/mol. The predicted molar refractivity (Wildman–Crippen MR) is 75.0 cm³/mol. The average molecular weight is 266 g/mol. The quantitative estimate of drug-likeness (QED) is 0.885. The van der Waals surface area contributed by atoms with Crippen molar-refractivity contribution in [2.24, 2.45) is 0 Å². The van der Waals surface area contributed by atoms with Gasteiger partial charge >= 0.3 is 0 Å². The average Bonchev–Trinajstić information content (AvgIpc) is 2.86. The molecule has 0 radical (unpaired) electrons. The molecule has 0 amide bonds. The first-order valence-corrected chi connectivity index (χ1v) is 7.37. The SMILES string of the molecule is CNC(C)Cc1nc(C2CCCCN2C(C)C)no1. The number of aromatic nitrogens is 2. The molecule has 1 fully saturated rings. The molecule has 2 unspecified atom stereocenters. The van der Waals surface area contributed by atoms with Gasteiger partial charge in [-0.3, -0.25) is 4.90 Å². The second kappa shape index (κ2) is 6.48. The molecule has 1 saturated heterocycles. The molecule has 108 valence electrons. The fourth-order valence-corrected chi connectivity index (χ4v) is 2.70. The van der Waals surface area contributed by atoms with Crippen molar-refractivity contribution in [3.8, 4) is 0 Å². The van der Waals surface area contributed by atoms with Crippen molar-refractivity contribution in [2.45, 2.75) is 64.6 Å². The van der Waals surface area contributed by atoms with E-state index < -0.39 is 0 Å². The van der Waals surface area contributed by atoms with Crippen LogP contribution >= 0.6 is 0 Å². The van der Waals surface area contributed by atoms with E-state index in [2.05, 4.69) is 41.1 Å². The van der Waals surface area contributed by atoms with Crippen molar-refractivity contribution in [3.63, 3.8) is 0 Å². The van der Waals surface area contributed by atoms with Gasteiger partial charge in [0.25, 0.3) is 0 Å². The Hall–Kier alpha value is -0.940. The Bertz CT molecular complexity index is 391. The van der Waals surface area contributed by atoms with E-state index in [1.54, 1.807) is 0 Å². The van der Waals surface area contributed by atoms with E-state index in [0.29, 0.717) is 18.1 Å². The van der Waals surface area contributed by atoms with E-state index in [9.17, 15) is 0 Å². The Morgan fingerprint density at radius 1 is 1.37 bits per heavy atom. The van der Waals surface area contributed by atoms with E-state index in [-0.39, 0.29) is 0 Å². The summed E-state index contributed by atoms with van der Waals surface area (Å²) in [7, 11) is 1.95. The molecule has 2 rings (SSSR count). The number of nitrogens with zero attached hydrogens (tertiary/aromatic N) is 3. The summed E-state index contributed by atoms with van der Waals surface area (Å²) in [4.78, 5) is 7.08. The van der Waals surface area contributed by atoms with Crippen molar-refractivity contribution in [1.29, 1.82) is 0 Å². The van der Waals surface area contributed by atoms with Crippen LogP contribution in [0, 0.1) is 0 Å². The molecule has 1 aliphatic heterocycles. The second-order valence-electron chi connectivity index (χ2n) is 5.78. The van der Waals surface area contributed by atoms with Crippen LogP contribution in [0.5, 0.6) is 0 Å². The summed E-state index contributed by atoms with van der Waals surface area (Å²) < 4.78 is 5.39. The fraction of sp³-hybridized carbons (Fsp3) is 0.857. The number of hydrogen-bond donors (Lipinski definition) is 1. The molecule has 0 aromatic carbocycles. The summed E-state index contributed by atoms with van der Waals surface area (Å²) in [6, 6.07) is 1.22. The number of piperidine rings is 1. The molecular formula is C14H26N4O. The molecule has 1 aromatic heterocycles. The highest BCUT2D eigenvalue weighted by molar-refractivity contribution is 4.98. The maximum absolute atomic E-state index is 5.39. The first kappa shape index (κ1) is 14.5. The maximum atomic E-state index is 5.39. The lowest BCUT2D eigenvalue weighted by atomic mass is 10.00. The third-order valence-electron chi connectivity index (χ3n) is 3.96. The van der Waals surface area contributed by atoms with Gasteiger partial charge in [-0.25, -0.2) is 0 Å². The van der Waals surface area contributed by atoms with Gasteiger partial charge in [0.1, 0.15) is 0 Å². The summed E-state index contributed by atoms with van der Waals surface area (Å²) in [6.45, 7) is 7.73. The lowest BCUT2D eigenvalue weighted by molar-refractivity contribution is 0.104. The summed E-state index contributed by atoms with van der Waals surface area (Å²) in [5.41, 5.74) is 0. The molecule has 19 heavy (non-hydrogen) atoms. The van der Waals surface area contributed by atoms with Gasteiger partial charge in [0.15, 0.2) is 5.82 Å². The molecule has 2 heterocycles. The largest absolute Gasteiger partial charge is 0.339 e. The third kappa shape index (κ3) is 3.54. The van der Waals surface area contributed by atoms with Gasteiger partial charge in [0, 0.05) is 18.5 Å². The van der Waals surface area contributed by atoms with Crippen LogP contribution in [0.15, 0.2) is 4.52 Å². The van der Waals surface area contributed by atoms with Crippen LogP contribution in [-0.2, 0) is 6.42 Å². The van der Waals surface area contributed by atoms with E-state index in [0.717, 1.165) is 31.1 Å². The van der Waals surface area contributed by atoms with Crippen LogP contribution in [0.4, 0.5) is 0 Å². The van der Waals surface area contributed by atoms with Crippen LogP contribution in [0.1, 0.15) is 57.8 Å². The fourth-order valence-electron chi connectivity index (χ4n) is 2.70. The molecule has 0 spiro atoms. The lowest BCUT2D eigenvalue weighted by Gasteiger charge is -2.36. The highest BCUT2D eigenvalue weighted by atomic mass is 16.5. The Kier molecular flexibility index (Phi) is 4.93. The summed E-state index contributed by atoms with van der Waals surface area (Å²) in [5, 5.41) is 7.40. The second-order valence-corrected chi connectivity index (χ2v) is 5.78. The number of nitrogens with one attached hydrogen (secondary N) is 1. The number of rotatable bonds is 5. The smallest absolute Gasteiger partial charge is 0.228 e. The van der Waals surface area contributed by atoms with Crippen molar-refractivity contribution < 1.29 is 4.52 Å².